The minimum atomic E-state index is 0.0467. The van der Waals surface area contributed by atoms with E-state index in [-0.39, 0.29) is 5.41 Å². The Kier molecular flexibility index (Phi) is 4.55. The van der Waals surface area contributed by atoms with Gasteiger partial charge in [0.05, 0.1) is 6.54 Å². The van der Waals surface area contributed by atoms with Crippen LogP contribution in [0.15, 0.2) is 34.7 Å². The van der Waals surface area contributed by atoms with Crippen molar-refractivity contribution in [1.29, 1.82) is 0 Å². The molecule has 1 heterocycles. The monoisotopic (exact) mass is 273 g/mol. The van der Waals surface area contributed by atoms with Crippen LogP contribution >= 0.6 is 0 Å². The predicted octanol–water partition coefficient (Wildman–Crippen LogP) is 3.22. The second-order valence-electron chi connectivity index (χ2n) is 5.64. The minimum Gasteiger partial charge on any atom is -0.424 e. The highest BCUT2D eigenvalue weighted by atomic mass is 16.4. The standard InChI is InChI=1S/C16H23N3O/c1-5-14(17-11-15-19-18-12(2)20-15)16(3,4)13-9-7-6-8-10-13/h6-10,14,17H,5,11H2,1-4H3/t14-/m0/s1. The third-order valence-corrected chi connectivity index (χ3v) is 3.86. The molecular formula is C16H23N3O. The van der Waals surface area contributed by atoms with E-state index in [1.54, 1.807) is 0 Å². The molecule has 20 heavy (non-hydrogen) atoms. The number of aromatic nitrogens is 2. The molecule has 1 aromatic carbocycles. The Labute approximate surface area is 120 Å². The van der Waals surface area contributed by atoms with Crippen LogP contribution in [0.25, 0.3) is 0 Å². The van der Waals surface area contributed by atoms with E-state index in [0.29, 0.717) is 24.4 Å². The highest BCUT2D eigenvalue weighted by molar-refractivity contribution is 5.25. The van der Waals surface area contributed by atoms with Gasteiger partial charge in [-0.3, -0.25) is 0 Å². The van der Waals surface area contributed by atoms with E-state index in [4.69, 9.17) is 4.42 Å². The third kappa shape index (κ3) is 3.25. The van der Waals surface area contributed by atoms with Crippen LogP contribution in [0.2, 0.25) is 0 Å². The number of benzene rings is 1. The summed E-state index contributed by atoms with van der Waals surface area (Å²) in [6, 6.07) is 10.9. The molecule has 0 aliphatic heterocycles. The maximum atomic E-state index is 5.41. The lowest BCUT2D eigenvalue weighted by molar-refractivity contribution is 0.313. The maximum absolute atomic E-state index is 5.41. The Balaban J connectivity index is 2.07. The van der Waals surface area contributed by atoms with Gasteiger partial charge in [-0.2, -0.15) is 0 Å². The molecule has 0 saturated heterocycles. The Morgan fingerprint density at radius 1 is 1.20 bits per heavy atom. The van der Waals surface area contributed by atoms with Crippen molar-refractivity contribution < 1.29 is 4.42 Å². The molecule has 2 rings (SSSR count). The highest BCUT2D eigenvalue weighted by Crippen LogP contribution is 2.28. The maximum Gasteiger partial charge on any atom is 0.230 e. The van der Waals surface area contributed by atoms with Crippen molar-refractivity contribution in [3.8, 4) is 0 Å². The van der Waals surface area contributed by atoms with E-state index in [0.717, 1.165) is 6.42 Å². The average Bonchev–Trinajstić information content (AvgIpc) is 2.86. The molecular weight excluding hydrogens is 250 g/mol. The summed E-state index contributed by atoms with van der Waals surface area (Å²) >= 11 is 0. The van der Waals surface area contributed by atoms with Crippen LogP contribution in [0, 0.1) is 6.92 Å². The summed E-state index contributed by atoms with van der Waals surface area (Å²) in [6.45, 7) is 9.14. The zero-order valence-corrected chi connectivity index (χ0v) is 12.7. The van der Waals surface area contributed by atoms with Crippen molar-refractivity contribution in [3.05, 3.63) is 47.7 Å². The van der Waals surface area contributed by atoms with Crippen molar-refractivity contribution in [2.45, 2.75) is 52.1 Å². The van der Waals surface area contributed by atoms with Crippen LogP contribution in [-0.4, -0.2) is 16.2 Å². The first kappa shape index (κ1) is 14.7. The molecule has 108 valence electrons. The molecule has 0 saturated carbocycles. The summed E-state index contributed by atoms with van der Waals surface area (Å²) in [4.78, 5) is 0. The minimum absolute atomic E-state index is 0.0467. The number of hydrogen-bond donors (Lipinski definition) is 1. The topological polar surface area (TPSA) is 51.0 Å². The predicted molar refractivity (Wildman–Crippen MR) is 79.4 cm³/mol. The van der Waals surface area contributed by atoms with Gasteiger partial charge in [0.2, 0.25) is 11.8 Å². The van der Waals surface area contributed by atoms with E-state index in [1.165, 1.54) is 5.56 Å². The number of aryl methyl sites for hydroxylation is 1. The van der Waals surface area contributed by atoms with Crippen LogP contribution in [0.1, 0.15) is 44.5 Å². The van der Waals surface area contributed by atoms with Crippen LogP contribution < -0.4 is 5.32 Å². The fraction of sp³-hybridized carbons (Fsp3) is 0.500. The lowest BCUT2D eigenvalue weighted by Gasteiger charge is -2.35. The van der Waals surface area contributed by atoms with Gasteiger partial charge < -0.3 is 9.73 Å². The van der Waals surface area contributed by atoms with Crippen molar-refractivity contribution in [1.82, 2.24) is 15.5 Å². The van der Waals surface area contributed by atoms with E-state index >= 15 is 0 Å². The molecule has 0 unspecified atom stereocenters. The Bertz CT molecular complexity index is 534. The van der Waals surface area contributed by atoms with Crippen LogP contribution in [0.4, 0.5) is 0 Å². The van der Waals surface area contributed by atoms with Crippen LogP contribution in [-0.2, 0) is 12.0 Å². The third-order valence-electron chi connectivity index (χ3n) is 3.86. The van der Waals surface area contributed by atoms with Crippen molar-refractivity contribution in [3.63, 3.8) is 0 Å². The summed E-state index contributed by atoms with van der Waals surface area (Å²) in [7, 11) is 0. The van der Waals surface area contributed by atoms with Gasteiger partial charge in [-0.25, -0.2) is 0 Å². The van der Waals surface area contributed by atoms with E-state index in [2.05, 4.69) is 66.6 Å². The van der Waals surface area contributed by atoms with Gasteiger partial charge in [0.25, 0.3) is 0 Å². The first-order valence-electron chi connectivity index (χ1n) is 7.12. The lowest BCUT2D eigenvalue weighted by Crippen LogP contribution is -2.44. The zero-order chi connectivity index (χ0) is 14.6. The van der Waals surface area contributed by atoms with Crippen LogP contribution in [0.3, 0.4) is 0 Å². The van der Waals surface area contributed by atoms with Gasteiger partial charge >= 0.3 is 0 Å². The molecule has 4 nitrogen and oxygen atoms in total. The van der Waals surface area contributed by atoms with E-state index < -0.39 is 0 Å². The SMILES string of the molecule is CC[C@H](NCc1nnc(C)o1)C(C)(C)c1ccccc1. The molecule has 0 radical (unpaired) electrons. The van der Waals surface area contributed by atoms with Crippen molar-refractivity contribution in [2.24, 2.45) is 0 Å². The van der Waals surface area contributed by atoms with Gasteiger partial charge in [-0.05, 0) is 12.0 Å². The van der Waals surface area contributed by atoms with Gasteiger partial charge in [-0.1, -0.05) is 51.1 Å². The average molecular weight is 273 g/mol. The fourth-order valence-corrected chi connectivity index (χ4v) is 2.60. The van der Waals surface area contributed by atoms with E-state index in [9.17, 15) is 0 Å². The normalized spacial score (nSPS) is 13.4. The number of nitrogens with one attached hydrogen (secondary N) is 1. The molecule has 0 spiro atoms. The van der Waals surface area contributed by atoms with Crippen molar-refractivity contribution >= 4 is 0 Å². The molecule has 1 atom stereocenters. The van der Waals surface area contributed by atoms with Crippen LogP contribution in [0.5, 0.6) is 0 Å². The van der Waals surface area contributed by atoms with E-state index in [1.807, 2.05) is 6.92 Å². The molecule has 4 heteroatoms. The molecule has 0 bridgehead atoms. The van der Waals surface area contributed by atoms with Gasteiger partial charge in [-0.15, -0.1) is 10.2 Å². The summed E-state index contributed by atoms with van der Waals surface area (Å²) in [5.41, 5.74) is 1.38. The largest absolute Gasteiger partial charge is 0.424 e. The second kappa shape index (κ2) is 6.18. The quantitative estimate of drug-likeness (QED) is 0.878. The molecule has 2 aromatic rings. The summed E-state index contributed by atoms with van der Waals surface area (Å²) in [5, 5.41) is 11.4. The molecule has 0 amide bonds. The number of hydrogen-bond acceptors (Lipinski definition) is 4. The first-order valence-corrected chi connectivity index (χ1v) is 7.12. The zero-order valence-electron chi connectivity index (χ0n) is 12.7. The Morgan fingerprint density at radius 2 is 1.90 bits per heavy atom. The molecule has 1 aromatic heterocycles. The molecule has 0 fully saturated rings. The first-order chi connectivity index (χ1) is 9.54. The van der Waals surface area contributed by atoms with Crippen molar-refractivity contribution in [2.75, 3.05) is 0 Å². The van der Waals surface area contributed by atoms with Gasteiger partial charge in [0.15, 0.2) is 0 Å². The number of rotatable bonds is 6. The van der Waals surface area contributed by atoms with Gasteiger partial charge in [0, 0.05) is 18.4 Å². The number of nitrogens with zero attached hydrogens (tertiary/aromatic N) is 2. The van der Waals surface area contributed by atoms with Gasteiger partial charge in [0.1, 0.15) is 0 Å². The molecule has 1 N–H and O–H groups in total. The summed E-state index contributed by atoms with van der Waals surface area (Å²) in [6.07, 6.45) is 1.04. The fourth-order valence-electron chi connectivity index (χ4n) is 2.60. The summed E-state index contributed by atoms with van der Waals surface area (Å²) in [5.74, 6) is 1.25. The Morgan fingerprint density at radius 3 is 2.45 bits per heavy atom. The molecule has 0 aliphatic carbocycles. The lowest BCUT2D eigenvalue weighted by atomic mass is 9.76. The smallest absolute Gasteiger partial charge is 0.230 e. The highest BCUT2D eigenvalue weighted by Gasteiger charge is 2.29. The Hall–Kier alpha value is -1.68. The summed E-state index contributed by atoms with van der Waals surface area (Å²) < 4.78 is 5.41. The second-order valence-corrected chi connectivity index (χ2v) is 5.64. The molecule has 0 aliphatic rings.